The number of hydrogen-bond acceptors (Lipinski definition) is 4. The summed E-state index contributed by atoms with van der Waals surface area (Å²) < 4.78 is 11.3. The standard InChI is InChI=1S/C18H28O3SSi/c1-20-13-15-16(11-12-17(15)19)18(21-2,23(3,4)5)22-14-9-7-6-8-10-14/h6-10,15-16H,11-13H2,1-5H3/t15-,16+,18?/m0/s1. The first-order valence-electron chi connectivity index (χ1n) is 8.16. The highest BCUT2D eigenvalue weighted by molar-refractivity contribution is 8.02. The van der Waals surface area contributed by atoms with E-state index in [4.69, 9.17) is 9.47 Å². The Morgan fingerprint density at radius 1 is 1.22 bits per heavy atom. The SMILES string of the molecule is COC[C@@H]1C(=O)CC[C@H]1C(OC)(Sc1ccccc1)[Si](C)(C)C. The summed E-state index contributed by atoms with van der Waals surface area (Å²) in [6, 6.07) is 10.4. The summed E-state index contributed by atoms with van der Waals surface area (Å²) in [5.74, 6) is 0.477. The Kier molecular flexibility index (Phi) is 6.11. The summed E-state index contributed by atoms with van der Waals surface area (Å²) in [4.78, 5) is 13.6. The Balaban J connectivity index is 2.43. The predicted molar refractivity (Wildman–Crippen MR) is 98.5 cm³/mol. The Hall–Kier alpha value is -0.623. The summed E-state index contributed by atoms with van der Waals surface area (Å²) >= 11 is 1.80. The maximum absolute atomic E-state index is 12.4. The van der Waals surface area contributed by atoms with Gasteiger partial charge in [-0.25, -0.2) is 0 Å². The van der Waals surface area contributed by atoms with Crippen molar-refractivity contribution in [2.75, 3.05) is 20.8 Å². The molecule has 128 valence electrons. The Labute approximate surface area is 145 Å². The average molecular weight is 353 g/mol. The maximum Gasteiger partial charge on any atom is 0.138 e. The molecule has 3 atom stereocenters. The van der Waals surface area contributed by atoms with Gasteiger partial charge in [0.1, 0.15) is 10.3 Å². The number of carbonyl (C=O) groups is 1. The highest BCUT2D eigenvalue weighted by atomic mass is 32.2. The highest BCUT2D eigenvalue weighted by Gasteiger charge is 2.56. The minimum Gasteiger partial charge on any atom is -0.384 e. The molecule has 3 nitrogen and oxygen atoms in total. The number of hydrogen-bond donors (Lipinski definition) is 0. The van der Waals surface area contributed by atoms with Crippen molar-refractivity contribution in [2.45, 2.75) is 41.9 Å². The second-order valence-electron chi connectivity index (χ2n) is 7.21. The third-order valence-corrected chi connectivity index (χ3v) is 10.9. The van der Waals surface area contributed by atoms with Crippen molar-refractivity contribution in [1.82, 2.24) is 0 Å². The number of ketones is 1. The number of rotatable bonds is 7. The van der Waals surface area contributed by atoms with E-state index in [2.05, 4.69) is 43.9 Å². The fourth-order valence-electron chi connectivity index (χ4n) is 3.70. The molecule has 1 aliphatic carbocycles. The molecule has 0 N–H and O–H groups in total. The summed E-state index contributed by atoms with van der Waals surface area (Å²) in [6.45, 7) is 7.49. The van der Waals surface area contributed by atoms with Crippen LogP contribution in [-0.4, -0.2) is 39.2 Å². The normalized spacial score (nSPS) is 24.7. The van der Waals surface area contributed by atoms with Gasteiger partial charge in [-0.2, -0.15) is 0 Å². The third-order valence-electron chi connectivity index (χ3n) is 4.80. The second kappa shape index (κ2) is 7.51. The van der Waals surface area contributed by atoms with Gasteiger partial charge in [-0.1, -0.05) is 49.6 Å². The molecule has 0 radical (unpaired) electrons. The minimum absolute atomic E-state index is 0.0529. The number of benzene rings is 1. The second-order valence-corrected chi connectivity index (χ2v) is 14.1. The molecule has 1 saturated carbocycles. The molecule has 0 bridgehead atoms. The Morgan fingerprint density at radius 2 is 1.87 bits per heavy atom. The van der Waals surface area contributed by atoms with Crippen LogP contribution in [0.4, 0.5) is 0 Å². The van der Waals surface area contributed by atoms with Crippen molar-refractivity contribution in [2.24, 2.45) is 11.8 Å². The zero-order valence-corrected chi connectivity index (χ0v) is 16.6. The fourth-order valence-corrected chi connectivity index (χ4v) is 8.51. The number of carbonyl (C=O) groups excluding carboxylic acids is 1. The molecule has 1 aromatic rings. The van der Waals surface area contributed by atoms with E-state index >= 15 is 0 Å². The third kappa shape index (κ3) is 3.73. The highest BCUT2D eigenvalue weighted by Crippen LogP contribution is 2.52. The molecule has 2 rings (SSSR count). The van der Waals surface area contributed by atoms with Crippen LogP contribution in [0.2, 0.25) is 19.6 Å². The van der Waals surface area contributed by atoms with Gasteiger partial charge in [-0.05, 0) is 18.6 Å². The van der Waals surface area contributed by atoms with E-state index in [1.54, 1.807) is 26.0 Å². The summed E-state index contributed by atoms with van der Waals surface area (Å²) in [7, 11) is 1.73. The van der Waals surface area contributed by atoms with Gasteiger partial charge in [0.05, 0.1) is 14.7 Å². The van der Waals surface area contributed by atoms with E-state index in [9.17, 15) is 4.79 Å². The van der Waals surface area contributed by atoms with Gasteiger partial charge in [-0.3, -0.25) is 4.79 Å². The van der Waals surface area contributed by atoms with E-state index in [-0.39, 0.29) is 16.4 Å². The molecule has 0 heterocycles. The monoisotopic (exact) mass is 352 g/mol. The Bertz CT molecular complexity index is 529. The van der Waals surface area contributed by atoms with Crippen LogP contribution in [0.1, 0.15) is 12.8 Å². The van der Waals surface area contributed by atoms with Gasteiger partial charge in [0, 0.05) is 37.4 Å². The first kappa shape index (κ1) is 18.7. The predicted octanol–water partition coefficient (Wildman–Crippen LogP) is 4.24. The molecule has 5 heteroatoms. The van der Waals surface area contributed by atoms with Crippen LogP contribution in [-0.2, 0) is 14.3 Å². The molecule has 0 aromatic heterocycles. The van der Waals surface area contributed by atoms with Crippen molar-refractivity contribution >= 4 is 25.6 Å². The van der Waals surface area contributed by atoms with E-state index in [0.717, 1.165) is 6.42 Å². The smallest absolute Gasteiger partial charge is 0.138 e. The van der Waals surface area contributed by atoms with E-state index in [1.807, 2.05) is 6.07 Å². The van der Waals surface area contributed by atoms with Crippen LogP contribution in [0.25, 0.3) is 0 Å². The maximum atomic E-state index is 12.4. The first-order chi connectivity index (χ1) is 10.9. The van der Waals surface area contributed by atoms with E-state index in [0.29, 0.717) is 18.8 Å². The van der Waals surface area contributed by atoms with Crippen LogP contribution in [0.3, 0.4) is 0 Å². The number of Topliss-reactive ketones (excluding diaryl/α,β-unsaturated/α-hetero) is 1. The van der Waals surface area contributed by atoms with Gasteiger partial charge >= 0.3 is 0 Å². The molecule has 0 aliphatic heterocycles. The molecule has 1 fully saturated rings. The lowest BCUT2D eigenvalue weighted by molar-refractivity contribution is -0.123. The van der Waals surface area contributed by atoms with Crippen LogP contribution in [0, 0.1) is 11.8 Å². The van der Waals surface area contributed by atoms with Gasteiger partial charge in [0.2, 0.25) is 0 Å². The van der Waals surface area contributed by atoms with Crippen LogP contribution in [0.5, 0.6) is 0 Å². The fraction of sp³-hybridized carbons (Fsp3) is 0.611. The lowest BCUT2D eigenvalue weighted by Crippen LogP contribution is -2.57. The van der Waals surface area contributed by atoms with Gasteiger partial charge < -0.3 is 9.47 Å². The Morgan fingerprint density at radius 3 is 2.39 bits per heavy atom. The van der Waals surface area contributed by atoms with Gasteiger partial charge in [-0.15, -0.1) is 0 Å². The average Bonchev–Trinajstić information content (AvgIpc) is 2.87. The van der Waals surface area contributed by atoms with Crippen LogP contribution < -0.4 is 0 Å². The van der Waals surface area contributed by atoms with Crippen LogP contribution in [0.15, 0.2) is 35.2 Å². The minimum atomic E-state index is -1.75. The molecular weight excluding hydrogens is 324 g/mol. The zero-order valence-electron chi connectivity index (χ0n) is 14.8. The molecular formula is C18H28O3SSi. The molecule has 1 aromatic carbocycles. The summed E-state index contributed by atoms with van der Waals surface area (Å²) in [6.07, 6.45) is 1.54. The largest absolute Gasteiger partial charge is 0.384 e. The van der Waals surface area contributed by atoms with Gasteiger partial charge in [0.25, 0.3) is 0 Å². The quantitative estimate of drug-likeness (QED) is 0.418. The van der Waals surface area contributed by atoms with Crippen molar-refractivity contribution in [3.8, 4) is 0 Å². The number of ether oxygens (including phenoxy) is 2. The summed E-state index contributed by atoms with van der Waals surface area (Å²) in [5, 5.41) is 0. The molecule has 1 unspecified atom stereocenters. The van der Waals surface area contributed by atoms with E-state index in [1.165, 1.54) is 4.90 Å². The lowest BCUT2D eigenvalue weighted by atomic mass is 9.96. The number of methoxy groups -OCH3 is 2. The van der Waals surface area contributed by atoms with Crippen molar-refractivity contribution in [3.05, 3.63) is 30.3 Å². The topological polar surface area (TPSA) is 35.5 Å². The molecule has 1 aliphatic rings. The van der Waals surface area contributed by atoms with Crippen molar-refractivity contribution < 1.29 is 14.3 Å². The summed E-state index contributed by atoms with van der Waals surface area (Å²) in [5.41, 5.74) is 0. The molecule has 0 amide bonds. The first-order valence-corrected chi connectivity index (χ1v) is 12.5. The molecule has 0 saturated heterocycles. The van der Waals surface area contributed by atoms with Crippen LogP contribution >= 0.6 is 11.8 Å². The van der Waals surface area contributed by atoms with Gasteiger partial charge in [0.15, 0.2) is 0 Å². The zero-order chi connectivity index (χ0) is 17.1. The van der Waals surface area contributed by atoms with E-state index < -0.39 is 8.07 Å². The lowest BCUT2D eigenvalue weighted by Gasteiger charge is -2.47. The number of thioether (sulfide) groups is 1. The molecule has 23 heavy (non-hydrogen) atoms. The molecule has 0 spiro atoms. The van der Waals surface area contributed by atoms with Crippen molar-refractivity contribution in [1.29, 1.82) is 0 Å². The van der Waals surface area contributed by atoms with Crippen molar-refractivity contribution in [3.63, 3.8) is 0 Å².